The average Bonchev–Trinajstić information content (AvgIpc) is 2.90. The summed E-state index contributed by atoms with van der Waals surface area (Å²) in [6.45, 7) is 15.8. The molecule has 0 radical (unpaired) electrons. The second-order valence-electron chi connectivity index (χ2n) is 8.41. The summed E-state index contributed by atoms with van der Waals surface area (Å²) in [5, 5.41) is 12.4. The molecule has 2 aromatic carbocycles. The van der Waals surface area contributed by atoms with E-state index >= 15 is 0 Å². The van der Waals surface area contributed by atoms with Gasteiger partial charge in [-0.3, -0.25) is 0 Å². The molecule has 0 atom stereocenters. The number of hydrogen-bond acceptors (Lipinski definition) is 2. The number of phenolic OH excluding ortho intramolecular Hbond substituents is 1. The van der Waals surface area contributed by atoms with Crippen molar-refractivity contribution in [2.24, 2.45) is 0 Å². The number of aromatic hydroxyl groups is 1. The van der Waals surface area contributed by atoms with Gasteiger partial charge in [-0.05, 0) is 41.2 Å². The normalized spacial score (nSPS) is 12.8. The van der Waals surface area contributed by atoms with Crippen molar-refractivity contribution in [3.63, 3.8) is 0 Å². The van der Waals surface area contributed by atoms with Crippen LogP contribution in [0.4, 0.5) is 0 Å². The lowest BCUT2D eigenvalue weighted by atomic mass is 10.1. The Morgan fingerprint density at radius 2 is 1.54 bits per heavy atom. The Morgan fingerprint density at radius 3 is 2.12 bits per heavy atom. The van der Waals surface area contributed by atoms with Crippen LogP contribution in [-0.4, -0.2) is 18.4 Å². The van der Waals surface area contributed by atoms with Crippen molar-refractivity contribution < 1.29 is 9.53 Å². The molecule has 0 fully saturated rings. The summed E-state index contributed by atoms with van der Waals surface area (Å²) in [4.78, 5) is 3.49. The molecule has 4 heteroatoms. The summed E-state index contributed by atoms with van der Waals surface area (Å²) in [6, 6.07) is 10.1. The molecular weight excluding hydrogens is 338 g/mol. The van der Waals surface area contributed by atoms with E-state index in [1.165, 1.54) is 0 Å². The average molecular weight is 370 g/mol. The van der Waals surface area contributed by atoms with Gasteiger partial charge in [-0.1, -0.05) is 53.7 Å². The zero-order valence-corrected chi connectivity index (χ0v) is 18.0. The number of rotatable bonds is 5. The number of aryl methyl sites for hydroxylation is 1. The standard InChI is InChI=1S/C22H31NO2Si/c1-13(2)26(14(3)4,15(5)6)25-21-10-8-9-17-18-11-16(7)20(24)12-19(18)23-22(17)21/h8-15,23-24H,1-7H3. The number of hydrogen-bond donors (Lipinski definition) is 2. The number of phenols is 1. The molecule has 0 aliphatic rings. The van der Waals surface area contributed by atoms with Crippen LogP contribution < -0.4 is 4.43 Å². The van der Waals surface area contributed by atoms with Gasteiger partial charge in [0.1, 0.15) is 11.5 Å². The molecule has 26 heavy (non-hydrogen) atoms. The maximum atomic E-state index is 10.1. The number of para-hydroxylation sites is 1. The first kappa shape index (κ1) is 18.8. The molecule has 0 aliphatic heterocycles. The van der Waals surface area contributed by atoms with E-state index in [4.69, 9.17) is 4.43 Å². The monoisotopic (exact) mass is 369 g/mol. The topological polar surface area (TPSA) is 45.2 Å². The number of nitrogens with one attached hydrogen (secondary N) is 1. The third-order valence-electron chi connectivity index (χ3n) is 5.91. The molecule has 0 unspecified atom stereocenters. The minimum absolute atomic E-state index is 0.321. The van der Waals surface area contributed by atoms with Gasteiger partial charge in [0.2, 0.25) is 0 Å². The van der Waals surface area contributed by atoms with Crippen LogP contribution in [0.3, 0.4) is 0 Å². The van der Waals surface area contributed by atoms with Crippen LogP contribution >= 0.6 is 0 Å². The number of H-pyrrole nitrogens is 1. The minimum atomic E-state index is -2.03. The van der Waals surface area contributed by atoms with E-state index in [1.54, 1.807) is 0 Å². The number of benzene rings is 2. The Balaban J connectivity index is 2.22. The van der Waals surface area contributed by atoms with E-state index in [0.717, 1.165) is 33.1 Å². The van der Waals surface area contributed by atoms with Crippen LogP contribution in [0.25, 0.3) is 21.8 Å². The Labute approximate surface area is 157 Å². The van der Waals surface area contributed by atoms with E-state index in [0.29, 0.717) is 22.4 Å². The van der Waals surface area contributed by atoms with Crippen LogP contribution in [0.5, 0.6) is 11.5 Å². The molecule has 0 spiro atoms. The van der Waals surface area contributed by atoms with Crippen molar-refractivity contribution in [2.75, 3.05) is 0 Å². The maximum absolute atomic E-state index is 10.1. The van der Waals surface area contributed by atoms with E-state index < -0.39 is 8.32 Å². The van der Waals surface area contributed by atoms with Crippen molar-refractivity contribution in [3.05, 3.63) is 35.9 Å². The lowest BCUT2D eigenvalue weighted by molar-refractivity contribution is 0.472. The van der Waals surface area contributed by atoms with E-state index in [1.807, 2.05) is 19.1 Å². The highest BCUT2D eigenvalue weighted by molar-refractivity contribution is 6.78. The van der Waals surface area contributed by atoms with Crippen LogP contribution in [0.15, 0.2) is 30.3 Å². The molecule has 0 saturated carbocycles. The van der Waals surface area contributed by atoms with Gasteiger partial charge >= 0.3 is 0 Å². The molecule has 1 aromatic heterocycles. The largest absolute Gasteiger partial charge is 0.541 e. The Hall–Kier alpha value is -1.94. The maximum Gasteiger partial charge on any atom is 0.258 e. The van der Waals surface area contributed by atoms with Gasteiger partial charge in [0.25, 0.3) is 8.32 Å². The highest BCUT2D eigenvalue weighted by atomic mass is 28.4. The quantitative estimate of drug-likeness (QED) is 0.481. The summed E-state index contributed by atoms with van der Waals surface area (Å²) in [7, 11) is -2.03. The summed E-state index contributed by atoms with van der Waals surface area (Å²) in [5.74, 6) is 1.26. The Bertz CT molecular complexity index is 918. The van der Waals surface area contributed by atoms with Crippen molar-refractivity contribution in [1.29, 1.82) is 0 Å². The van der Waals surface area contributed by atoms with Crippen LogP contribution in [0, 0.1) is 6.92 Å². The van der Waals surface area contributed by atoms with Gasteiger partial charge in [-0.2, -0.15) is 0 Å². The van der Waals surface area contributed by atoms with Crippen molar-refractivity contribution in [1.82, 2.24) is 4.98 Å². The van der Waals surface area contributed by atoms with Gasteiger partial charge in [0.05, 0.1) is 11.0 Å². The molecule has 1 heterocycles. The Kier molecular flexibility index (Phi) is 4.82. The third kappa shape index (κ3) is 2.80. The first-order valence-corrected chi connectivity index (χ1v) is 11.8. The fourth-order valence-corrected chi connectivity index (χ4v) is 9.93. The number of fused-ring (bicyclic) bond motifs is 3. The van der Waals surface area contributed by atoms with Crippen LogP contribution in [-0.2, 0) is 0 Å². The van der Waals surface area contributed by atoms with Gasteiger partial charge in [-0.15, -0.1) is 0 Å². The summed E-state index contributed by atoms with van der Waals surface area (Å²) < 4.78 is 6.93. The molecule has 0 aliphatic carbocycles. The smallest absolute Gasteiger partial charge is 0.258 e. The van der Waals surface area contributed by atoms with Gasteiger partial charge in [0.15, 0.2) is 0 Å². The van der Waals surface area contributed by atoms with E-state index in [2.05, 4.69) is 64.7 Å². The highest BCUT2D eigenvalue weighted by Gasteiger charge is 2.47. The summed E-state index contributed by atoms with van der Waals surface area (Å²) >= 11 is 0. The van der Waals surface area contributed by atoms with E-state index in [-0.39, 0.29) is 0 Å². The fraction of sp³-hybridized carbons (Fsp3) is 0.455. The minimum Gasteiger partial charge on any atom is -0.541 e. The van der Waals surface area contributed by atoms with Crippen molar-refractivity contribution >= 4 is 30.1 Å². The first-order chi connectivity index (χ1) is 12.2. The lowest BCUT2D eigenvalue weighted by Crippen LogP contribution is -2.50. The molecule has 0 amide bonds. The molecule has 3 aromatic rings. The van der Waals surface area contributed by atoms with Gasteiger partial charge in [-0.25, -0.2) is 0 Å². The fourth-order valence-electron chi connectivity index (χ4n) is 4.67. The predicted octanol–water partition coefficient (Wildman–Crippen LogP) is 6.89. The van der Waals surface area contributed by atoms with Crippen LogP contribution in [0.2, 0.25) is 16.6 Å². The zero-order chi connectivity index (χ0) is 19.2. The third-order valence-corrected chi connectivity index (χ3v) is 11.9. The molecule has 0 bridgehead atoms. The molecule has 2 N–H and O–H groups in total. The SMILES string of the molecule is Cc1cc2c(cc1O)[nH]c1c(O[Si](C(C)C)(C(C)C)C(C)C)cccc12. The first-order valence-electron chi connectivity index (χ1n) is 9.61. The number of aromatic amines is 1. The zero-order valence-electron chi connectivity index (χ0n) is 17.0. The predicted molar refractivity (Wildman–Crippen MR) is 114 cm³/mol. The summed E-state index contributed by atoms with van der Waals surface area (Å²) in [5.41, 5.74) is 4.44. The van der Waals surface area contributed by atoms with Crippen molar-refractivity contribution in [3.8, 4) is 11.5 Å². The highest BCUT2D eigenvalue weighted by Crippen LogP contribution is 2.44. The second-order valence-corrected chi connectivity index (χ2v) is 13.8. The molecule has 3 nitrogen and oxygen atoms in total. The summed E-state index contributed by atoms with van der Waals surface area (Å²) in [6.07, 6.45) is 0. The van der Waals surface area contributed by atoms with Crippen LogP contribution in [0.1, 0.15) is 47.1 Å². The van der Waals surface area contributed by atoms with Crippen molar-refractivity contribution in [2.45, 2.75) is 65.1 Å². The van der Waals surface area contributed by atoms with E-state index in [9.17, 15) is 5.11 Å². The molecule has 0 saturated heterocycles. The molecular formula is C22H31NO2Si. The molecule has 3 rings (SSSR count). The Morgan fingerprint density at radius 1 is 0.923 bits per heavy atom. The number of aromatic nitrogens is 1. The van der Waals surface area contributed by atoms with Gasteiger partial charge in [0, 0.05) is 16.8 Å². The lowest BCUT2D eigenvalue weighted by Gasteiger charge is -2.42. The molecule has 140 valence electrons. The second kappa shape index (κ2) is 6.65. The van der Waals surface area contributed by atoms with Gasteiger partial charge < -0.3 is 14.5 Å².